The standard InChI is InChI=1S/C16H24/c1-5-9-10-15-12-13(6-2)11-14(7-3)16(15)8-4/h5,11-12H,1,6-10H2,2-4H3. The number of allylic oxidation sites excluding steroid dienone is 1. The monoisotopic (exact) mass is 216 g/mol. The maximum Gasteiger partial charge on any atom is -0.0241 e. The first-order valence-electron chi connectivity index (χ1n) is 6.51. The van der Waals surface area contributed by atoms with Crippen LogP contribution in [-0.4, -0.2) is 0 Å². The Kier molecular flexibility index (Phi) is 5.31. The third kappa shape index (κ3) is 2.98. The zero-order valence-corrected chi connectivity index (χ0v) is 11.0. The average molecular weight is 216 g/mol. The molecule has 0 fully saturated rings. The first kappa shape index (κ1) is 13.0. The van der Waals surface area contributed by atoms with E-state index in [-0.39, 0.29) is 0 Å². The number of rotatable bonds is 6. The number of benzene rings is 1. The van der Waals surface area contributed by atoms with Crippen molar-refractivity contribution in [1.29, 1.82) is 0 Å². The van der Waals surface area contributed by atoms with Crippen molar-refractivity contribution >= 4 is 0 Å². The largest absolute Gasteiger partial charge is 0.103 e. The van der Waals surface area contributed by atoms with E-state index in [0.717, 1.165) is 32.1 Å². The molecule has 1 aromatic carbocycles. The van der Waals surface area contributed by atoms with E-state index in [4.69, 9.17) is 0 Å². The Morgan fingerprint density at radius 1 is 1.00 bits per heavy atom. The summed E-state index contributed by atoms with van der Waals surface area (Å²) in [6.45, 7) is 10.6. The molecule has 0 radical (unpaired) electrons. The Bertz CT molecular complexity index is 347. The Labute approximate surface area is 100 Å². The van der Waals surface area contributed by atoms with Gasteiger partial charge in [0.1, 0.15) is 0 Å². The smallest absolute Gasteiger partial charge is 0.0241 e. The maximum absolute atomic E-state index is 3.82. The average Bonchev–Trinajstić information content (AvgIpc) is 2.34. The summed E-state index contributed by atoms with van der Waals surface area (Å²) < 4.78 is 0. The van der Waals surface area contributed by atoms with Crippen LogP contribution in [0, 0.1) is 0 Å². The van der Waals surface area contributed by atoms with E-state index in [9.17, 15) is 0 Å². The predicted molar refractivity (Wildman–Crippen MR) is 73.1 cm³/mol. The van der Waals surface area contributed by atoms with Gasteiger partial charge in [0.25, 0.3) is 0 Å². The van der Waals surface area contributed by atoms with Gasteiger partial charge in [-0.1, -0.05) is 39.0 Å². The molecular formula is C16H24. The molecule has 0 aliphatic heterocycles. The van der Waals surface area contributed by atoms with Gasteiger partial charge in [0.15, 0.2) is 0 Å². The van der Waals surface area contributed by atoms with Gasteiger partial charge in [-0.15, -0.1) is 6.58 Å². The summed E-state index contributed by atoms with van der Waals surface area (Å²) in [6.07, 6.45) is 7.69. The summed E-state index contributed by atoms with van der Waals surface area (Å²) in [5.74, 6) is 0. The quantitative estimate of drug-likeness (QED) is 0.614. The van der Waals surface area contributed by atoms with Gasteiger partial charge in [-0.05, 0) is 54.4 Å². The van der Waals surface area contributed by atoms with Gasteiger partial charge < -0.3 is 0 Å². The van der Waals surface area contributed by atoms with E-state index in [1.807, 2.05) is 6.08 Å². The lowest BCUT2D eigenvalue weighted by molar-refractivity contribution is 0.924. The van der Waals surface area contributed by atoms with E-state index in [2.05, 4.69) is 39.5 Å². The van der Waals surface area contributed by atoms with Crippen LogP contribution < -0.4 is 0 Å². The SMILES string of the molecule is C=CCCc1cc(CC)cc(CC)c1CC. The van der Waals surface area contributed by atoms with Crippen LogP contribution in [-0.2, 0) is 25.7 Å². The molecule has 0 aliphatic rings. The molecule has 1 aromatic rings. The maximum atomic E-state index is 3.82. The van der Waals surface area contributed by atoms with Crippen LogP contribution >= 0.6 is 0 Å². The molecule has 16 heavy (non-hydrogen) atoms. The minimum Gasteiger partial charge on any atom is -0.103 e. The third-order valence-corrected chi connectivity index (χ3v) is 3.25. The lowest BCUT2D eigenvalue weighted by Gasteiger charge is -2.14. The molecule has 0 unspecified atom stereocenters. The summed E-state index contributed by atoms with van der Waals surface area (Å²) in [6, 6.07) is 4.78. The Hall–Kier alpha value is -1.04. The highest BCUT2D eigenvalue weighted by molar-refractivity contribution is 5.40. The van der Waals surface area contributed by atoms with Crippen molar-refractivity contribution < 1.29 is 0 Å². The van der Waals surface area contributed by atoms with Gasteiger partial charge in [-0.25, -0.2) is 0 Å². The van der Waals surface area contributed by atoms with Crippen LogP contribution in [0.15, 0.2) is 24.8 Å². The fourth-order valence-corrected chi connectivity index (χ4v) is 2.32. The van der Waals surface area contributed by atoms with Gasteiger partial charge in [0.05, 0.1) is 0 Å². The van der Waals surface area contributed by atoms with Gasteiger partial charge in [-0.3, -0.25) is 0 Å². The zero-order chi connectivity index (χ0) is 12.0. The van der Waals surface area contributed by atoms with E-state index in [0.29, 0.717) is 0 Å². The summed E-state index contributed by atoms with van der Waals surface area (Å²) in [4.78, 5) is 0. The van der Waals surface area contributed by atoms with Crippen molar-refractivity contribution in [2.45, 2.75) is 52.9 Å². The number of aryl methyl sites for hydroxylation is 3. The van der Waals surface area contributed by atoms with Gasteiger partial charge >= 0.3 is 0 Å². The first-order valence-corrected chi connectivity index (χ1v) is 6.51. The van der Waals surface area contributed by atoms with Gasteiger partial charge in [0, 0.05) is 0 Å². The van der Waals surface area contributed by atoms with E-state index < -0.39 is 0 Å². The van der Waals surface area contributed by atoms with Crippen LogP contribution in [0.1, 0.15) is 49.4 Å². The third-order valence-electron chi connectivity index (χ3n) is 3.25. The van der Waals surface area contributed by atoms with Crippen molar-refractivity contribution in [3.05, 3.63) is 47.0 Å². The second-order valence-corrected chi connectivity index (χ2v) is 4.28. The minimum absolute atomic E-state index is 1.09. The topological polar surface area (TPSA) is 0 Å². The Balaban J connectivity index is 3.14. The highest BCUT2D eigenvalue weighted by Gasteiger charge is 2.07. The lowest BCUT2D eigenvalue weighted by Crippen LogP contribution is -2.01. The molecule has 0 spiro atoms. The molecular weight excluding hydrogens is 192 g/mol. The van der Waals surface area contributed by atoms with Crippen LogP contribution in [0.5, 0.6) is 0 Å². The molecule has 0 aromatic heterocycles. The molecule has 0 nitrogen and oxygen atoms in total. The number of hydrogen-bond acceptors (Lipinski definition) is 0. The Morgan fingerprint density at radius 3 is 2.19 bits per heavy atom. The van der Waals surface area contributed by atoms with Gasteiger partial charge in [0.2, 0.25) is 0 Å². The molecule has 0 heteroatoms. The second kappa shape index (κ2) is 6.52. The summed E-state index contributed by atoms with van der Waals surface area (Å²) in [5.41, 5.74) is 6.13. The summed E-state index contributed by atoms with van der Waals surface area (Å²) in [7, 11) is 0. The fourth-order valence-electron chi connectivity index (χ4n) is 2.32. The van der Waals surface area contributed by atoms with Crippen molar-refractivity contribution in [2.75, 3.05) is 0 Å². The van der Waals surface area contributed by atoms with Crippen LogP contribution in [0.2, 0.25) is 0 Å². The van der Waals surface area contributed by atoms with E-state index in [1.54, 1.807) is 16.7 Å². The van der Waals surface area contributed by atoms with Crippen LogP contribution in [0.3, 0.4) is 0 Å². The molecule has 0 bridgehead atoms. The lowest BCUT2D eigenvalue weighted by atomic mass is 9.91. The second-order valence-electron chi connectivity index (χ2n) is 4.28. The zero-order valence-electron chi connectivity index (χ0n) is 11.0. The van der Waals surface area contributed by atoms with Crippen molar-refractivity contribution in [1.82, 2.24) is 0 Å². The minimum atomic E-state index is 1.09. The highest BCUT2D eigenvalue weighted by atomic mass is 14.1. The molecule has 0 heterocycles. The summed E-state index contributed by atoms with van der Waals surface area (Å²) in [5, 5.41) is 0. The van der Waals surface area contributed by atoms with Gasteiger partial charge in [-0.2, -0.15) is 0 Å². The first-order chi connectivity index (χ1) is 7.76. The molecule has 0 saturated carbocycles. The molecule has 0 N–H and O–H groups in total. The summed E-state index contributed by atoms with van der Waals surface area (Å²) >= 11 is 0. The van der Waals surface area contributed by atoms with Crippen molar-refractivity contribution in [3.63, 3.8) is 0 Å². The Morgan fingerprint density at radius 2 is 1.69 bits per heavy atom. The molecule has 0 saturated heterocycles. The predicted octanol–water partition coefficient (Wildman–Crippen LogP) is 4.49. The molecule has 0 atom stereocenters. The van der Waals surface area contributed by atoms with Crippen molar-refractivity contribution in [2.24, 2.45) is 0 Å². The van der Waals surface area contributed by atoms with Crippen LogP contribution in [0.25, 0.3) is 0 Å². The molecule has 0 amide bonds. The van der Waals surface area contributed by atoms with Crippen LogP contribution in [0.4, 0.5) is 0 Å². The van der Waals surface area contributed by atoms with E-state index in [1.165, 1.54) is 5.56 Å². The van der Waals surface area contributed by atoms with Crippen molar-refractivity contribution in [3.8, 4) is 0 Å². The fraction of sp³-hybridized carbons (Fsp3) is 0.500. The highest BCUT2D eigenvalue weighted by Crippen LogP contribution is 2.21. The molecule has 1 rings (SSSR count). The molecule has 0 aliphatic carbocycles. The number of hydrogen-bond donors (Lipinski definition) is 0. The normalized spacial score (nSPS) is 10.4. The molecule has 88 valence electrons. The van der Waals surface area contributed by atoms with E-state index >= 15 is 0 Å².